The molecule has 0 aliphatic heterocycles. The van der Waals surface area contributed by atoms with Crippen LogP contribution < -0.4 is 0 Å². The predicted octanol–water partition coefficient (Wildman–Crippen LogP) is 4.18. The van der Waals surface area contributed by atoms with Crippen molar-refractivity contribution in [3.8, 4) is 0 Å². The highest BCUT2D eigenvalue weighted by Crippen LogP contribution is 2.70. The molecule has 0 atom stereocenters. The third-order valence-corrected chi connectivity index (χ3v) is 8.89. The number of benzene rings is 1. The topological polar surface area (TPSA) is 71.1 Å². The van der Waals surface area contributed by atoms with E-state index in [1.165, 1.54) is 28.4 Å². The molecule has 0 bridgehead atoms. The molecule has 1 aromatic rings. The molecular formula is C12H19ClO6P2. The molecule has 21 heavy (non-hydrogen) atoms. The maximum absolute atomic E-state index is 12.7. The normalized spacial score (nSPS) is 12.9. The van der Waals surface area contributed by atoms with E-state index in [2.05, 4.69) is 0 Å². The fourth-order valence-corrected chi connectivity index (χ4v) is 6.65. The summed E-state index contributed by atoms with van der Waals surface area (Å²) in [4.78, 5) is 0. The minimum absolute atomic E-state index is 0.134. The van der Waals surface area contributed by atoms with E-state index in [0.717, 1.165) is 5.56 Å². The van der Waals surface area contributed by atoms with Gasteiger partial charge in [0.2, 0.25) is 0 Å². The quantitative estimate of drug-likeness (QED) is 0.651. The van der Waals surface area contributed by atoms with Crippen molar-refractivity contribution in [3.63, 3.8) is 0 Å². The van der Waals surface area contributed by atoms with Crippen molar-refractivity contribution < 1.29 is 27.2 Å². The van der Waals surface area contributed by atoms with Gasteiger partial charge in [-0.3, -0.25) is 9.13 Å². The van der Waals surface area contributed by atoms with Gasteiger partial charge >= 0.3 is 15.2 Å². The largest absolute Gasteiger partial charge is 0.345 e. The molecule has 0 N–H and O–H groups in total. The van der Waals surface area contributed by atoms with Gasteiger partial charge in [-0.1, -0.05) is 23.7 Å². The van der Waals surface area contributed by atoms with Crippen molar-refractivity contribution in [2.45, 2.75) is 11.8 Å². The Morgan fingerprint density at radius 1 is 0.905 bits per heavy atom. The highest BCUT2D eigenvalue weighted by molar-refractivity contribution is 7.72. The summed E-state index contributed by atoms with van der Waals surface area (Å²) in [5.74, 6) is 0. The van der Waals surface area contributed by atoms with E-state index in [9.17, 15) is 9.13 Å². The van der Waals surface area contributed by atoms with Crippen LogP contribution in [-0.4, -0.2) is 33.8 Å². The Kier molecular flexibility index (Phi) is 7.08. The summed E-state index contributed by atoms with van der Waals surface area (Å²) in [5.41, 5.74) is 0.757. The Balaban J connectivity index is 3.22. The van der Waals surface area contributed by atoms with E-state index < -0.39 is 20.6 Å². The molecule has 1 aromatic carbocycles. The molecule has 9 heteroatoms. The van der Waals surface area contributed by atoms with Gasteiger partial charge in [0, 0.05) is 33.5 Å². The molecule has 6 nitrogen and oxygen atoms in total. The van der Waals surface area contributed by atoms with E-state index >= 15 is 0 Å². The molecule has 0 saturated heterocycles. The SMILES string of the molecule is COP(=O)(OC)C(Cc1ccc(Cl)cc1)P(=O)(OC)OC. The molecule has 120 valence electrons. The van der Waals surface area contributed by atoms with Crippen LogP contribution in [0, 0.1) is 0 Å². The van der Waals surface area contributed by atoms with Crippen LogP contribution in [0.5, 0.6) is 0 Å². The van der Waals surface area contributed by atoms with Crippen LogP contribution in [0.1, 0.15) is 5.56 Å². The first kappa shape index (κ1) is 18.9. The molecule has 0 unspecified atom stereocenters. The molecule has 0 aromatic heterocycles. The first-order valence-electron chi connectivity index (χ1n) is 6.02. The fraction of sp³-hybridized carbons (Fsp3) is 0.500. The van der Waals surface area contributed by atoms with Gasteiger partial charge in [-0.05, 0) is 24.1 Å². The molecule has 0 saturated carbocycles. The average Bonchev–Trinajstić information content (AvgIpc) is 2.52. The minimum Gasteiger partial charge on any atom is -0.311 e. The summed E-state index contributed by atoms with van der Waals surface area (Å²) >= 11 is 5.83. The zero-order valence-electron chi connectivity index (χ0n) is 12.3. The van der Waals surface area contributed by atoms with Crippen molar-refractivity contribution in [3.05, 3.63) is 34.9 Å². The van der Waals surface area contributed by atoms with Crippen molar-refractivity contribution in [2.24, 2.45) is 0 Å². The standard InChI is InChI=1S/C12H19ClO6P2/c1-16-20(14,17-2)12(21(15,18-3)19-4)9-10-5-7-11(13)8-6-10/h5-8,12H,9H2,1-4H3. The van der Waals surface area contributed by atoms with Crippen molar-refractivity contribution in [2.75, 3.05) is 28.4 Å². The van der Waals surface area contributed by atoms with Crippen LogP contribution in [0.15, 0.2) is 24.3 Å². The van der Waals surface area contributed by atoms with Gasteiger partial charge in [0.25, 0.3) is 0 Å². The monoisotopic (exact) mass is 356 g/mol. The molecular weight excluding hydrogens is 338 g/mol. The lowest BCUT2D eigenvalue weighted by molar-refractivity contribution is 0.246. The van der Waals surface area contributed by atoms with E-state index in [4.69, 9.17) is 29.7 Å². The van der Waals surface area contributed by atoms with E-state index in [0.29, 0.717) is 5.02 Å². The molecule has 0 spiro atoms. The Morgan fingerprint density at radius 3 is 1.62 bits per heavy atom. The molecule has 0 aliphatic rings. The van der Waals surface area contributed by atoms with Crippen LogP contribution in [0.3, 0.4) is 0 Å². The number of rotatable bonds is 8. The lowest BCUT2D eigenvalue weighted by Crippen LogP contribution is -2.17. The smallest absolute Gasteiger partial charge is 0.311 e. The molecule has 0 heterocycles. The second kappa shape index (κ2) is 7.89. The number of halogens is 1. The van der Waals surface area contributed by atoms with Gasteiger partial charge in [-0.15, -0.1) is 0 Å². The lowest BCUT2D eigenvalue weighted by atomic mass is 10.2. The minimum atomic E-state index is -3.67. The Hall–Kier alpha value is -0.190. The fourth-order valence-electron chi connectivity index (χ4n) is 1.86. The summed E-state index contributed by atoms with van der Waals surface area (Å²) in [6.07, 6.45) is 0.134. The van der Waals surface area contributed by atoms with E-state index in [1.54, 1.807) is 24.3 Å². The van der Waals surface area contributed by atoms with E-state index in [-0.39, 0.29) is 6.42 Å². The number of hydrogen-bond acceptors (Lipinski definition) is 6. The maximum atomic E-state index is 12.7. The Morgan fingerprint density at radius 2 is 1.29 bits per heavy atom. The first-order chi connectivity index (χ1) is 9.85. The Labute approximate surface area is 129 Å². The summed E-state index contributed by atoms with van der Waals surface area (Å²) in [5, 5.41) is -0.505. The second-order valence-corrected chi connectivity index (χ2v) is 9.83. The second-order valence-electron chi connectivity index (χ2n) is 4.12. The average molecular weight is 357 g/mol. The molecule has 0 fully saturated rings. The first-order valence-corrected chi connectivity index (χ1v) is 9.62. The van der Waals surface area contributed by atoms with Crippen molar-refractivity contribution >= 4 is 26.8 Å². The van der Waals surface area contributed by atoms with Crippen LogP contribution in [-0.2, 0) is 33.6 Å². The van der Waals surface area contributed by atoms with E-state index in [1.807, 2.05) is 0 Å². The molecule has 0 amide bonds. The predicted molar refractivity (Wildman–Crippen MR) is 82.2 cm³/mol. The van der Waals surface area contributed by atoms with Crippen LogP contribution in [0.4, 0.5) is 0 Å². The summed E-state index contributed by atoms with van der Waals surface area (Å²) in [6.45, 7) is 0. The van der Waals surface area contributed by atoms with Crippen molar-refractivity contribution in [1.82, 2.24) is 0 Å². The van der Waals surface area contributed by atoms with Crippen LogP contribution in [0.2, 0.25) is 5.02 Å². The van der Waals surface area contributed by atoms with Gasteiger partial charge < -0.3 is 18.1 Å². The van der Waals surface area contributed by atoms with Gasteiger partial charge in [-0.2, -0.15) is 0 Å². The molecule has 0 radical (unpaired) electrons. The van der Waals surface area contributed by atoms with Gasteiger partial charge in [-0.25, -0.2) is 0 Å². The third kappa shape index (κ3) is 4.40. The summed E-state index contributed by atoms with van der Waals surface area (Å²) < 4.78 is 45.2. The summed E-state index contributed by atoms with van der Waals surface area (Å²) in [6, 6.07) is 6.84. The highest BCUT2D eigenvalue weighted by Gasteiger charge is 2.49. The van der Waals surface area contributed by atoms with Crippen LogP contribution in [0.25, 0.3) is 0 Å². The van der Waals surface area contributed by atoms with Gasteiger partial charge in [0.15, 0.2) is 5.40 Å². The molecule has 0 aliphatic carbocycles. The third-order valence-electron chi connectivity index (χ3n) is 3.08. The summed E-state index contributed by atoms with van der Waals surface area (Å²) in [7, 11) is -2.41. The maximum Gasteiger partial charge on any atom is 0.345 e. The zero-order chi connectivity index (χ0) is 16.1. The highest BCUT2D eigenvalue weighted by atomic mass is 35.5. The van der Waals surface area contributed by atoms with Gasteiger partial charge in [0.05, 0.1) is 0 Å². The van der Waals surface area contributed by atoms with Crippen molar-refractivity contribution in [1.29, 1.82) is 0 Å². The molecule has 1 rings (SSSR count). The lowest BCUT2D eigenvalue weighted by Gasteiger charge is -2.28. The Bertz CT molecular complexity index is 505. The zero-order valence-corrected chi connectivity index (χ0v) is 14.9. The number of hydrogen-bond donors (Lipinski definition) is 0. The van der Waals surface area contributed by atoms with Crippen LogP contribution >= 0.6 is 26.8 Å². The van der Waals surface area contributed by atoms with Gasteiger partial charge in [0.1, 0.15) is 0 Å².